The summed E-state index contributed by atoms with van der Waals surface area (Å²) in [5.41, 5.74) is 32.6. The van der Waals surface area contributed by atoms with Crippen LogP contribution in [0.2, 0.25) is 0 Å². The minimum atomic E-state index is -0.539. The molecule has 0 saturated carbocycles. The zero-order valence-electron chi connectivity index (χ0n) is 88.6. The summed E-state index contributed by atoms with van der Waals surface area (Å²) in [6.45, 7) is 42.3. The second-order valence-corrected chi connectivity index (χ2v) is 41.3. The maximum Gasteiger partial charge on any atom is 0.252 e. The van der Waals surface area contributed by atoms with Crippen molar-refractivity contribution < 1.29 is 16.4 Å². The maximum absolute atomic E-state index is 9.95. The molecule has 16 aromatic rings. The number of hydrogen-bond acceptors (Lipinski definition) is 3. The van der Waals surface area contributed by atoms with E-state index in [1.165, 1.54) is 93.9 Å². The molecule has 3 heterocycles. The molecule has 1 aromatic heterocycles. The third kappa shape index (κ3) is 17.0. The quantitative estimate of drug-likeness (QED) is 0.0750. The van der Waals surface area contributed by atoms with Gasteiger partial charge in [0.1, 0.15) is 0 Å². The number of hydrogen-bond donors (Lipinski definition) is 0. The highest BCUT2D eigenvalue weighted by molar-refractivity contribution is 7.00. The van der Waals surface area contributed by atoms with Crippen molar-refractivity contribution in [3.8, 4) is 50.2 Å². The number of benzene rings is 15. The summed E-state index contributed by atoms with van der Waals surface area (Å²) in [4.78, 5) is 7.23. The Morgan fingerprint density at radius 2 is 0.675 bits per heavy atom. The van der Waals surface area contributed by atoms with Gasteiger partial charge < -0.3 is 19.3 Å². The average molecular weight is 1660 g/mol. The van der Waals surface area contributed by atoms with E-state index >= 15 is 0 Å². The predicted molar refractivity (Wildman–Crippen MR) is 544 cm³/mol. The van der Waals surface area contributed by atoms with E-state index in [4.69, 9.17) is 6.85 Å². The van der Waals surface area contributed by atoms with Crippen LogP contribution in [0.3, 0.4) is 0 Å². The van der Waals surface area contributed by atoms with Crippen LogP contribution in [-0.4, -0.2) is 24.4 Å². The van der Waals surface area contributed by atoms with Crippen molar-refractivity contribution in [2.75, 3.05) is 27.8 Å². The molecule has 0 amide bonds. The van der Waals surface area contributed by atoms with Crippen LogP contribution in [0, 0.1) is 0 Å². The Kier molecular flexibility index (Phi) is 18.6. The van der Waals surface area contributed by atoms with Gasteiger partial charge in [0, 0.05) is 70.2 Å². The van der Waals surface area contributed by atoms with Gasteiger partial charge in [-0.2, -0.15) is 0 Å². The van der Waals surface area contributed by atoms with Crippen molar-refractivity contribution in [1.82, 2.24) is 4.57 Å². The third-order valence-electron chi connectivity index (χ3n) is 26.1. The van der Waals surface area contributed by atoms with Gasteiger partial charge in [0.25, 0.3) is 6.71 Å². The molecule has 2 aliphatic rings. The smallest absolute Gasteiger partial charge is 0.252 e. The molecule has 0 N–H and O–H groups in total. The lowest BCUT2D eigenvalue weighted by Crippen LogP contribution is -2.62. The van der Waals surface area contributed by atoms with Crippen LogP contribution in [0.1, 0.15) is 213 Å². The Bertz CT molecular complexity index is 7230. The van der Waals surface area contributed by atoms with Crippen molar-refractivity contribution in [2.24, 2.45) is 0 Å². The van der Waals surface area contributed by atoms with Crippen molar-refractivity contribution in [1.29, 1.82) is 0 Å². The van der Waals surface area contributed by atoms with Gasteiger partial charge in [0.05, 0.1) is 27.5 Å². The minimum Gasteiger partial charge on any atom is -0.342 e. The fourth-order valence-electron chi connectivity index (χ4n) is 18.9. The van der Waals surface area contributed by atoms with Gasteiger partial charge in [0.15, 0.2) is 0 Å². The van der Waals surface area contributed by atoms with Gasteiger partial charge in [-0.3, -0.25) is 0 Å². The molecule has 0 unspecified atom stereocenters. The number of nitrogens with zero attached hydrogens (tertiary/aromatic N) is 4. The highest BCUT2D eigenvalue weighted by atomic mass is 15.2. The Labute approximate surface area is 768 Å². The lowest BCUT2D eigenvalue weighted by molar-refractivity contribution is 0.566. The lowest BCUT2D eigenvalue weighted by Gasteiger charge is -2.45. The molecule has 0 fully saturated rings. The standard InChI is InChI=1S/C121H123BN4/c1-116(2,3)90-66-84(67-91(74-90)117(4,5)6)64-81-52-58-107-111(70-81)124(63-61-99-102(86-38-24-19-25-39-86)76-94(120(13,14)15)77-103(99)87-40-26-20-27-41-87)113-72-83(60-62-123(96-46-32-23-33-47-96)97-54-56-98(57-55-97)126-109-50-36-34-48-100(109)101-49-35-37-51-110(101)126)73-114-115(113)122(107)108-59-53-82(65-85-68-92(118(7,8)9)75-93(69-85)119(10,11)12)71-112(108)125(114)80-106-104(88-42-28-21-29-43-88)78-95(121(16,17)18)79-105(106)89-44-30-22-31-45-89/h19-59,66-79H,60-65,80H2,1-18H3/i23D,32D,33D,34D,35D,36D,37D,46D,48D,49D,50D,51D. The van der Waals surface area contributed by atoms with E-state index in [0.717, 1.165) is 72.7 Å². The zero-order chi connectivity index (χ0) is 98.4. The Hall–Kier alpha value is -12.4. The summed E-state index contributed by atoms with van der Waals surface area (Å²) >= 11 is 0. The van der Waals surface area contributed by atoms with Gasteiger partial charge >= 0.3 is 0 Å². The molecule has 5 heteroatoms. The molecule has 4 nitrogen and oxygen atoms in total. The first kappa shape index (κ1) is 70.8. The first-order valence-corrected chi connectivity index (χ1v) is 45.0. The summed E-state index contributed by atoms with van der Waals surface area (Å²) in [6.07, 6.45) is 2.26. The van der Waals surface area contributed by atoms with Gasteiger partial charge in [-0.25, -0.2) is 0 Å². The molecule has 0 spiro atoms. The van der Waals surface area contributed by atoms with Crippen LogP contribution in [0.5, 0.6) is 0 Å². The lowest BCUT2D eigenvalue weighted by atomic mass is 9.33. The highest BCUT2D eigenvalue weighted by Crippen LogP contribution is 2.48. The Morgan fingerprint density at radius 3 is 1.10 bits per heavy atom. The van der Waals surface area contributed by atoms with Crippen molar-refractivity contribution in [3.63, 3.8) is 0 Å². The number of rotatable bonds is 19. The molecule has 0 bridgehead atoms. The third-order valence-corrected chi connectivity index (χ3v) is 26.1. The SMILES string of the molecule is [2H]c1cc(N(CCc2cc3c4c(c2)N(Cc2c(-c5ccccc5)cc(C(C)(C)C)cc2-c2ccccc2)c2cc(Cc5cc(C(C)(C)C)cc(C(C)(C)C)c5)ccc2B4c2ccc(Cc4cc(C(C)(C)C)cc(C(C)(C)C)c4)cc2N3CCc2c(-c3ccccc3)cc(C(C)(C)C)cc2-c2ccccc2)c2ccc(-n3c4c([2H])c([2H])c([2H])c([2H])c4c4c([2H])c([2H])c([2H])c([2H])c43)cc2)c([2H])c([2H])c1[2H]. The number of fused-ring (bicyclic) bond motifs is 7. The van der Waals surface area contributed by atoms with E-state index in [1.807, 2.05) is 17.0 Å². The fourth-order valence-corrected chi connectivity index (χ4v) is 18.9. The second-order valence-electron chi connectivity index (χ2n) is 41.3. The van der Waals surface area contributed by atoms with Crippen LogP contribution in [0.15, 0.2) is 333 Å². The first-order chi connectivity index (χ1) is 65.2. The van der Waals surface area contributed by atoms with E-state index in [-0.39, 0.29) is 91.4 Å². The van der Waals surface area contributed by atoms with Crippen molar-refractivity contribution in [3.05, 3.63) is 406 Å². The summed E-state index contributed by atoms with van der Waals surface area (Å²) in [5, 5.41) is -0.0872. The van der Waals surface area contributed by atoms with Crippen molar-refractivity contribution in [2.45, 2.75) is 189 Å². The summed E-state index contributed by atoms with van der Waals surface area (Å²) in [7, 11) is 0. The van der Waals surface area contributed by atoms with E-state index in [0.29, 0.717) is 50.1 Å². The average Bonchev–Trinajstić information content (AvgIpc) is 0.988. The van der Waals surface area contributed by atoms with Crippen LogP contribution in [-0.2, 0) is 64.7 Å². The summed E-state index contributed by atoms with van der Waals surface area (Å²) in [6, 6.07) is 90.9. The number of anilines is 6. The molecular formula is C121H123BN4. The van der Waals surface area contributed by atoms with E-state index in [9.17, 15) is 9.60 Å². The van der Waals surface area contributed by atoms with Crippen LogP contribution in [0.25, 0.3) is 72.0 Å². The molecule has 126 heavy (non-hydrogen) atoms. The highest BCUT2D eigenvalue weighted by Gasteiger charge is 2.44. The molecular weight excluding hydrogens is 1520 g/mol. The van der Waals surface area contributed by atoms with E-state index < -0.39 is 54.4 Å². The van der Waals surface area contributed by atoms with Gasteiger partial charge in [-0.05, 0) is 264 Å². The Morgan fingerprint density at radius 1 is 0.302 bits per heavy atom. The number of para-hydroxylation sites is 3. The number of aromatic nitrogens is 1. The summed E-state index contributed by atoms with van der Waals surface area (Å²) in [5.74, 6) is 0. The molecule has 630 valence electrons. The molecule has 15 aromatic carbocycles. The second kappa shape index (κ2) is 33.2. The van der Waals surface area contributed by atoms with Gasteiger partial charge in [-0.1, -0.05) is 385 Å². The molecule has 0 atom stereocenters. The Balaban J connectivity index is 0.923. The van der Waals surface area contributed by atoms with E-state index in [2.05, 4.69) is 365 Å². The normalized spacial score (nSPS) is 14.3. The monoisotopic (exact) mass is 1660 g/mol. The molecule has 18 rings (SSSR count). The van der Waals surface area contributed by atoms with Crippen LogP contribution >= 0.6 is 0 Å². The largest absolute Gasteiger partial charge is 0.342 e. The summed E-state index contributed by atoms with van der Waals surface area (Å²) < 4.78 is 112. The molecule has 0 aliphatic carbocycles. The topological polar surface area (TPSA) is 14.7 Å². The van der Waals surface area contributed by atoms with Crippen molar-refractivity contribution >= 4 is 79.0 Å². The fraction of sp³-hybridized carbons (Fsp3) is 0.256. The van der Waals surface area contributed by atoms with Crippen LogP contribution in [0.4, 0.5) is 34.1 Å². The molecule has 0 saturated heterocycles. The van der Waals surface area contributed by atoms with Gasteiger partial charge in [0.2, 0.25) is 0 Å². The first-order valence-electron chi connectivity index (χ1n) is 51.0. The zero-order valence-corrected chi connectivity index (χ0v) is 76.6. The van der Waals surface area contributed by atoms with Crippen LogP contribution < -0.4 is 31.1 Å². The van der Waals surface area contributed by atoms with Gasteiger partial charge in [-0.15, -0.1) is 0 Å². The molecule has 2 aliphatic heterocycles. The maximum atomic E-state index is 9.95. The van der Waals surface area contributed by atoms with E-state index in [1.54, 1.807) is 12.1 Å². The minimum absolute atomic E-state index is 0.0217. The molecule has 0 radical (unpaired) electrons. The predicted octanol–water partition coefficient (Wildman–Crippen LogP) is 29.7.